The van der Waals surface area contributed by atoms with Crippen molar-refractivity contribution in [2.75, 3.05) is 53.2 Å². The Morgan fingerprint density at radius 1 is 1.00 bits per heavy atom. The Balaban J connectivity index is 1.61. The van der Waals surface area contributed by atoms with Gasteiger partial charge in [-0.15, -0.1) is 0 Å². The molecule has 0 saturated carbocycles. The zero-order valence-electron chi connectivity index (χ0n) is 17.0. The van der Waals surface area contributed by atoms with Gasteiger partial charge < -0.3 is 18.9 Å². The molecule has 1 aliphatic carbocycles. The first kappa shape index (κ1) is 19.7. The van der Waals surface area contributed by atoms with Gasteiger partial charge in [0.2, 0.25) is 0 Å². The maximum atomic E-state index is 13.1. The van der Waals surface area contributed by atoms with Crippen LogP contribution in [0.2, 0.25) is 0 Å². The van der Waals surface area contributed by atoms with E-state index in [4.69, 9.17) is 18.9 Å². The fourth-order valence-corrected chi connectivity index (χ4v) is 3.84. The SMILES string of the molecule is CCCOc1cc(OC)c2c(c1)C(=O)c1cccc(OCCN3CCOCC3)c1-2. The topological polar surface area (TPSA) is 57.2 Å². The van der Waals surface area contributed by atoms with Crippen molar-refractivity contribution in [1.29, 1.82) is 0 Å². The second kappa shape index (κ2) is 8.84. The first-order chi connectivity index (χ1) is 14.2. The Hall–Kier alpha value is -2.57. The van der Waals surface area contributed by atoms with Crippen LogP contribution in [0.4, 0.5) is 0 Å². The molecule has 2 aliphatic rings. The van der Waals surface area contributed by atoms with Crippen LogP contribution >= 0.6 is 0 Å². The minimum atomic E-state index is -0.0196. The molecule has 154 valence electrons. The summed E-state index contributed by atoms with van der Waals surface area (Å²) in [5.41, 5.74) is 2.86. The molecule has 0 N–H and O–H groups in total. The number of ketones is 1. The Morgan fingerprint density at radius 2 is 1.79 bits per heavy atom. The quantitative estimate of drug-likeness (QED) is 0.581. The monoisotopic (exact) mass is 397 g/mol. The van der Waals surface area contributed by atoms with E-state index >= 15 is 0 Å². The molecule has 1 saturated heterocycles. The van der Waals surface area contributed by atoms with Crippen molar-refractivity contribution in [3.05, 3.63) is 41.5 Å². The van der Waals surface area contributed by atoms with Crippen molar-refractivity contribution in [2.24, 2.45) is 0 Å². The average molecular weight is 397 g/mol. The van der Waals surface area contributed by atoms with Crippen LogP contribution in [0.25, 0.3) is 11.1 Å². The summed E-state index contributed by atoms with van der Waals surface area (Å²) in [6.07, 6.45) is 0.898. The van der Waals surface area contributed by atoms with Gasteiger partial charge in [0.1, 0.15) is 23.9 Å². The predicted molar refractivity (Wildman–Crippen MR) is 110 cm³/mol. The molecule has 6 heteroatoms. The smallest absolute Gasteiger partial charge is 0.194 e. The maximum absolute atomic E-state index is 13.1. The molecule has 4 rings (SSSR count). The zero-order valence-corrected chi connectivity index (χ0v) is 17.0. The van der Waals surface area contributed by atoms with Crippen LogP contribution in [0.15, 0.2) is 30.3 Å². The molecule has 0 unspecified atom stereocenters. The molecule has 0 amide bonds. The highest BCUT2D eigenvalue weighted by molar-refractivity contribution is 6.23. The molecule has 0 atom stereocenters. The lowest BCUT2D eigenvalue weighted by Crippen LogP contribution is -2.38. The lowest BCUT2D eigenvalue weighted by molar-refractivity contribution is 0.0323. The van der Waals surface area contributed by atoms with E-state index in [9.17, 15) is 4.79 Å². The van der Waals surface area contributed by atoms with E-state index in [1.54, 1.807) is 7.11 Å². The van der Waals surface area contributed by atoms with Crippen LogP contribution in [0.3, 0.4) is 0 Å². The average Bonchev–Trinajstić information content (AvgIpc) is 3.05. The summed E-state index contributed by atoms with van der Waals surface area (Å²) in [5, 5.41) is 0. The second-order valence-corrected chi connectivity index (χ2v) is 7.21. The number of fused-ring (bicyclic) bond motifs is 3. The summed E-state index contributed by atoms with van der Waals surface area (Å²) in [6.45, 7) is 7.40. The molecule has 0 aromatic heterocycles. The standard InChI is InChI=1S/C23H27NO5/c1-3-10-28-16-14-18-22(20(15-16)26-2)21-17(23(18)25)5-4-6-19(21)29-13-9-24-7-11-27-12-8-24/h4-6,14-15H,3,7-13H2,1-2H3. The van der Waals surface area contributed by atoms with E-state index in [1.807, 2.05) is 37.3 Å². The third-order valence-electron chi connectivity index (χ3n) is 5.30. The Bertz CT molecular complexity index is 889. The van der Waals surface area contributed by atoms with Gasteiger partial charge in [-0.05, 0) is 18.6 Å². The molecule has 2 aromatic carbocycles. The van der Waals surface area contributed by atoms with E-state index in [-0.39, 0.29) is 5.78 Å². The Kier molecular flexibility index (Phi) is 6.02. The summed E-state index contributed by atoms with van der Waals surface area (Å²) in [7, 11) is 1.61. The first-order valence-corrected chi connectivity index (χ1v) is 10.2. The molecule has 0 spiro atoms. The van der Waals surface area contributed by atoms with Crippen LogP contribution in [0.1, 0.15) is 29.3 Å². The summed E-state index contributed by atoms with van der Waals surface area (Å²) < 4.78 is 22.9. The molecular formula is C23H27NO5. The summed E-state index contributed by atoms with van der Waals surface area (Å²) in [4.78, 5) is 15.4. The number of morpholine rings is 1. The van der Waals surface area contributed by atoms with E-state index in [1.165, 1.54) is 0 Å². The number of carbonyl (C=O) groups excluding carboxylic acids is 1. The molecule has 0 radical (unpaired) electrons. The van der Waals surface area contributed by atoms with Crippen LogP contribution in [-0.4, -0.2) is 63.9 Å². The van der Waals surface area contributed by atoms with E-state index < -0.39 is 0 Å². The Labute approximate surface area is 171 Å². The third kappa shape index (κ3) is 3.95. The molecule has 1 aliphatic heterocycles. The number of methoxy groups -OCH3 is 1. The Morgan fingerprint density at radius 3 is 2.55 bits per heavy atom. The van der Waals surface area contributed by atoms with Gasteiger partial charge in [-0.1, -0.05) is 19.1 Å². The normalized spacial score (nSPS) is 15.7. The van der Waals surface area contributed by atoms with Crippen LogP contribution in [0, 0.1) is 0 Å². The molecule has 0 bridgehead atoms. The van der Waals surface area contributed by atoms with Crippen molar-refractivity contribution >= 4 is 5.78 Å². The highest BCUT2D eigenvalue weighted by Gasteiger charge is 2.33. The number of benzene rings is 2. The van der Waals surface area contributed by atoms with Crippen LogP contribution in [-0.2, 0) is 4.74 Å². The van der Waals surface area contributed by atoms with Crippen LogP contribution < -0.4 is 14.2 Å². The molecule has 1 fully saturated rings. The van der Waals surface area contributed by atoms with Gasteiger partial charge in [0, 0.05) is 48.0 Å². The van der Waals surface area contributed by atoms with Crippen LogP contribution in [0.5, 0.6) is 17.2 Å². The van der Waals surface area contributed by atoms with Crippen molar-refractivity contribution in [1.82, 2.24) is 4.90 Å². The minimum Gasteiger partial charge on any atom is -0.496 e. The van der Waals surface area contributed by atoms with Gasteiger partial charge in [-0.2, -0.15) is 0 Å². The fraction of sp³-hybridized carbons (Fsp3) is 0.435. The fourth-order valence-electron chi connectivity index (χ4n) is 3.84. The van der Waals surface area contributed by atoms with Gasteiger partial charge in [-0.25, -0.2) is 0 Å². The molecule has 1 heterocycles. The van der Waals surface area contributed by atoms with Gasteiger partial charge in [-0.3, -0.25) is 9.69 Å². The number of hydrogen-bond donors (Lipinski definition) is 0. The van der Waals surface area contributed by atoms with E-state index in [0.29, 0.717) is 41.6 Å². The zero-order chi connectivity index (χ0) is 20.2. The highest BCUT2D eigenvalue weighted by Crippen LogP contribution is 2.48. The van der Waals surface area contributed by atoms with Gasteiger partial charge >= 0.3 is 0 Å². The number of nitrogens with zero attached hydrogens (tertiary/aromatic N) is 1. The number of rotatable bonds is 8. The molecule has 29 heavy (non-hydrogen) atoms. The number of carbonyl (C=O) groups is 1. The predicted octanol–water partition coefficient (Wildman–Crippen LogP) is 3.41. The first-order valence-electron chi connectivity index (χ1n) is 10.2. The van der Waals surface area contributed by atoms with Crippen molar-refractivity contribution in [2.45, 2.75) is 13.3 Å². The van der Waals surface area contributed by atoms with E-state index in [0.717, 1.165) is 50.4 Å². The molecular weight excluding hydrogens is 370 g/mol. The van der Waals surface area contributed by atoms with E-state index in [2.05, 4.69) is 4.90 Å². The highest BCUT2D eigenvalue weighted by atomic mass is 16.5. The largest absolute Gasteiger partial charge is 0.496 e. The lowest BCUT2D eigenvalue weighted by atomic mass is 10.0. The number of ether oxygens (including phenoxy) is 4. The van der Waals surface area contributed by atoms with Gasteiger partial charge in [0.15, 0.2) is 5.78 Å². The molecule has 2 aromatic rings. The summed E-state index contributed by atoms with van der Waals surface area (Å²) in [6, 6.07) is 9.29. The number of hydrogen-bond acceptors (Lipinski definition) is 6. The van der Waals surface area contributed by atoms with Gasteiger partial charge in [0.05, 0.1) is 26.9 Å². The summed E-state index contributed by atoms with van der Waals surface area (Å²) in [5.74, 6) is 1.97. The van der Waals surface area contributed by atoms with Gasteiger partial charge in [0.25, 0.3) is 0 Å². The van der Waals surface area contributed by atoms with Crippen molar-refractivity contribution in [3.63, 3.8) is 0 Å². The van der Waals surface area contributed by atoms with Crippen molar-refractivity contribution in [3.8, 4) is 28.4 Å². The second-order valence-electron chi connectivity index (χ2n) is 7.21. The maximum Gasteiger partial charge on any atom is 0.194 e. The van der Waals surface area contributed by atoms with Crippen molar-refractivity contribution < 1.29 is 23.7 Å². The molecule has 6 nitrogen and oxygen atoms in total. The lowest BCUT2D eigenvalue weighted by Gasteiger charge is -2.26. The third-order valence-corrected chi connectivity index (χ3v) is 5.30. The summed E-state index contributed by atoms with van der Waals surface area (Å²) >= 11 is 0. The minimum absolute atomic E-state index is 0.0196.